The van der Waals surface area contributed by atoms with Crippen LogP contribution in [0.2, 0.25) is 0 Å². The number of hydrogen-bond acceptors (Lipinski definition) is 2. The molecule has 80 heavy (non-hydrogen) atoms. The fourth-order valence-corrected chi connectivity index (χ4v) is 12.5. The predicted octanol–water partition coefficient (Wildman–Crippen LogP) is 19.9. The predicted molar refractivity (Wildman–Crippen MR) is 316 cm³/mol. The highest BCUT2D eigenvalue weighted by Crippen LogP contribution is 2.52. The van der Waals surface area contributed by atoms with Gasteiger partial charge in [-0.2, -0.15) is 26.3 Å². The highest BCUT2D eigenvalue weighted by molar-refractivity contribution is 6.26. The summed E-state index contributed by atoms with van der Waals surface area (Å²) in [5.74, 6) is -0.0920. The summed E-state index contributed by atoms with van der Waals surface area (Å²) < 4.78 is 94.6. The van der Waals surface area contributed by atoms with Gasteiger partial charge in [0.15, 0.2) is 0 Å². The number of para-hydroxylation sites is 5. The van der Waals surface area contributed by atoms with Crippen molar-refractivity contribution >= 4 is 66.2 Å². The Balaban J connectivity index is 1.17. The van der Waals surface area contributed by atoms with Crippen LogP contribution in [0.25, 0.3) is 82.8 Å². The molecule has 2 aromatic heterocycles. The Bertz CT molecular complexity index is 4340. The fraction of sp³-hybridized carbons (Fsp3) is 0.114. The molecular formula is C70H52F6N4. The van der Waals surface area contributed by atoms with Crippen molar-refractivity contribution in [2.24, 2.45) is 5.92 Å². The molecule has 10 heteroatoms. The second-order valence-corrected chi connectivity index (χ2v) is 20.4. The summed E-state index contributed by atoms with van der Waals surface area (Å²) in [5, 5.41) is 7.63. The Kier molecular flexibility index (Phi) is 12.5. The van der Waals surface area contributed by atoms with Crippen LogP contribution >= 0.6 is 0 Å². The highest BCUT2D eigenvalue weighted by atomic mass is 19.4. The molecule has 0 fully saturated rings. The number of halogens is 6. The lowest BCUT2D eigenvalue weighted by Gasteiger charge is -2.30. The van der Waals surface area contributed by atoms with Crippen LogP contribution in [-0.2, 0) is 18.8 Å². The molecule has 0 radical (unpaired) electrons. The third kappa shape index (κ3) is 8.40. The van der Waals surface area contributed by atoms with Gasteiger partial charge in [-0.15, -0.1) is 0 Å². The number of alkyl halides is 6. The van der Waals surface area contributed by atoms with Crippen molar-refractivity contribution in [3.05, 3.63) is 265 Å². The van der Waals surface area contributed by atoms with E-state index in [1.807, 2.05) is 97.9 Å². The Hall–Kier alpha value is -9.28. The molecule has 394 valence electrons. The van der Waals surface area contributed by atoms with E-state index >= 15 is 13.2 Å². The van der Waals surface area contributed by atoms with E-state index in [9.17, 15) is 13.2 Å². The van der Waals surface area contributed by atoms with Crippen molar-refractivity contribution in [2.45, 2.75) is 45.1 Å². The van der Waals surface area contributed by atoms with Crippen molar-refractivity contribution in [3.63, 3.8) is 0 Å². The molecule has 0 saturated heterocycles. The first-order chi connectivity index (χ1) is 38.9. The molecule has 0 saturated carbocycles. The van der Waals surface area contributed by atoms with Gasteiger partial charge >= 0.3 is 12.4 Å². The van der Waals surface area contributed by atoms with Gasteiger partial charge in [0.2, 0.25) is 0 Å². The Morgan fingerprint density at radius 1 is 0.512 bits per heavy atom. The SMILES string of the molecule is CC/C=C\C1=C(c2ccccc2Nc2cc(-n3c4ccccc4c4ccc5c(c6ccccc6n5-c5ccccc5)c43)c(-c3cccc(C(F)(F)F)c3)c(CC)c2-c2cccc(C(F)(F)F)c2)C2C=CC=CC2N1c1ccccc1. The summed E-state index contributed by atoms with van der Waals surface area (Å²) in [6.45, 7) is 4.02. The number of rotatable bonds is 11. The van der Waals surface area contributed by atoms with Crippen LogP contribution < -0.4 is 10.2 Å². The van der Waals surface area contributed by atoms with E-state index in [0.29, 0.717) is 33.8 Å². The van der Waals surface area contributed by atoms with E-state index in [4.69, 9.17) is 0 Å². The fourth-order valence-electron chi connectivity index (χ4n) is 12.5. The number of aromatic nitrogens is 2. The minimum atomic E-state index is -4.70. The van der Waals surface area contributed by atoms with Gasteiger partial charge in [0, 0.05) is 72.6 Å². The van der Waals surface area contributed by atoms with Crippen LogP contribution in [0.15, 0.2) is 242 Å². The lowest BCUT2D eigenvalue weighted by atomic mass is 9.85. The van der Waals surface area contributed by atoms with Gasteiger partial charge in [-0.1, -0.05) is 166 Å². The number of anilines is 3. The smallest absolute Gasteiger partial charge is 0.354 e. The first-order valence-corrected chi connectivity index (χ1v) is 27.0. The number of nitrogens with zero attached hydrogens (tertiary/aromatic N) is 3. The lowest BCUT2D eigenvalue weighted by Crippen LogP contribution is -2.32. The maximum Gasteiger partial charge on any atom is 0.416 e. The normalized spacial score (nSPS) is 15.6. The van der Waals surface area contributed by atoms with Gasteiger partial charge in [0.05, 0.1) is 44.9 Å². The molecule has 1 aliphatic heterocycles. The molecule has 4 nitrogen and oxygen atoms in total. The minimum absolute atomic E-state index is 0.0624. The molecule has 2 atom stereocenters. The van der Waals surface area contributed by atoms with Crippen LogP contribution in [-0.4, -0.2) is 15.2 Å². The Morgan fingerprint density at radius 3 is 1.79 bits per heavy atom. The van der Waals surface area contributed by atoms with E-state index < -0.39 is 23.5 Å². The molecule has 11 aromatic rings. The van der Waals surface area contributed by atoms with Crippen LogP contribution in [0.3, 0.4) is 0 Å². The van der Waals surface area contributed by atoms with Crippen molar-refractivity contribution in [3.8, 4) is 33.6 Å². The average molecular weight is 1060 g/mol. The van der Waals surface area contributed by atoms with E-state index in [0.717, 1.165) is 96.4 Å². The Labute approximate surface area is 459 Å². The summed E-state index contributed by atoms with van der Waals surface area (Å²) >= 11 is 0. The van der Waals surface area contributed by atoms with E-state index in [-0.39, 0.29) is 29.5 Å². The van der Waals surface area contributed by atoms with Gasteiger partial charge in [-0.25, -0.2) is 0 Å². The lowest BCUT2D eigenvalue weighted by molar-refractivity contribution is -0.138. The summed E-state index contributed by atoms with van der Waals surface area (Å²) in [7, 11) is 0. The monoisotopic (exact) mass is 1060 g/mol. The number of hydrogen-bond donors (Lipinski definition) is 1. The summed E-state index contributed by atoms with van der Waals surface area (Å²) in [4.78, 5) is 2.37. The third-order valence-electron chi connectivity index (χ3n) is 15.8. The molecule has 1 N–H and O–H groups in total. The topological polar surface area (TPSA) is 25.1 Å². The van der Waals surface area contributed by atoms with Gasteiger partial charge in [-0.3, -0.25) is 0 Å². The van der Waals surface area contributed by atoms with Crippen molar-refractivity contribution in [1.82, 2.24) is 9.13 Å². The van der Waals surface area contributed by atoms with Gasteiger partial charge in [0.1, 0.15) is 0 Å². The number of benzene rings is 9. The number of fused-ring (bicyclic) bond motifs is 8. The second kappa shape index (κ2) is 19.9. The maximum atomic E-state index is 15.1. The van der Waals surface area contributed by atoms with Crippen LogP contribution in [0.1, 0.15) is 42.5 Å². The third-order valence-corrected chi connectivity index (χ3v) is 15.8. The zero-order chi connectivity index (χ0) is 54.9. The largest absolute Gasteiger partial charge is 0.416 e. The number of allylic oxidation sites excluding steroid dienone is 4. The van der Waals surface area contributed by atoms with Crippen LogP contribution in [0.4, 0.5) is 43.4 Å². The zero-order valence-electron chi connectivity index (χ0n) is 43.7. The van der Waals surface area contributed by atoms with E-state index in [1.54, 1.807) is 12.1 Å². The summed E-state index contributed by atoms with van der Waals surface area (Å²) in [5.41, 5.74) is 10.5. The van der Waals surface area contributed by atoms with E-state index in [1.165, 1.54) is 18.2 Å². The first kappa shape index (κ1) is 50.2. The average Bonchev–Trinajstić information content (AvgIpc) is 4.28. The van der Waals surface area contributed by atoms with Gasteiger partial charge in [0.25, 0.3) is 0 Å². The molecule has 2 aliphatic rings. The van der Waals surface area contributed by atoms with E-state index in [2.05, 4.69) is 123 Å². The highest BCUT2D eigenvalue weighted by Gasteiger charge is 2.40. The Morgan fingerprint density at radius 2 is 1.11 bits per heavy atom. The molecule has 0 spiro atoms. The quantitative estimate of drug-likeness (QED) is 0.131. The first-order valence-electron chi connectivity index (χ1n) is 27.0. The molecule has 0 amide bonds. The molecule has 3 heterocycles. The molecular weight excluding hydrogens is 1010 g/mol. The summed E-state index contributed by atoms with van der Waals surface area (Å²) in [6.07, 6.45) is 4.56. The van der Waals surface area contributed by atoms with Crippen LogP contribution in [0, 0.1) is 5.92 Å². The second-order valence-electron chi connectivity index (χ2n) is 20.4. The maximum absolute atomic E-state index is 15.1. The molecule has 2 unspecified atom stereocenters. The zero-order valence-corrected chi connectivity index (χ0v) is 43.7. The summed E-state index contributed by atoms with van der Waals surface area (Å²) in [6, 6.07) is 61.4. The molecule has 9 aromatic carbocycles. The van der Waals surface area contributed by atoms with Crippen molar-refractivity contribution < 1.29 is 26.3 Å². The molecule has 1 aliphatic carbocycles. The standard InChI is InChI=1S/C70H52F6N4/c1-3-5-35-61-66(54-32-14-18-37-59(54)78(61)48-26-8-6-9-27-48)53-31-12-16-34-56(53)77-57-43-63(65(45-23-21-25-47(42-45)70(74,75)76)50(4-2)64(57)44-22-20-24-46(41-44)69(71,72)73)80-58-36-17-13-30-51(58)52-39-40-62-67(68(52)80)55-33-15-19-38-60(55)79(62)49-28-10-7-11-29-49/h5-43,54,59,77H,3-4H2,1-2H3/b35-5-. The van der Waals surface area contributed by atoms with Crippen LogP contribution in [0.5, 0.6) is 0 Å². The van der Waals surface area contributed by atoms with Gasteiger partial charge in [-0.05, 0) is 120 Å². The molecule has 0 bridgehead atoms. The minimum Gasteiger partial charge on any atom is -0.354 e. The van der Waals surface area contributed by atoms with Crippen molar-refractivity contribution in [2.75, 3.05) is 10.2 Å². The van der Waals surface area contributed by atoms with Crippen molar-refractivity contribution in [1.29, 1.82) is 0 Å². The number of nitrogens with one attached hydrogen (secondary N) is 1. The molecule has 13 rings (SSSR count). The van der Waals surface area contributed by atoms with Gasteiger partial charge < -0.3 is 19.4 Å².